The van der Waals surface area contributed by atoms with Gasteiger partial charge in [-0.2, -0.15) is 0 Å². The Balaban J connectivity index is 2.06. The van der Waals surface area contributed by atoms with Gasteiger partial charge in [0.1, 0.15) is 10.8 Å². The molecule has 0 aliphatic carbocycles. The number of amides is 1. The molecule has 0 aliphatic heterocycles. The molecule has 1 aromatic carbocycles. The van der Waals surface area contributed by atoms with Crippen molar-refractivity contribution in [1.29, 1.82) is 0 Å². The summed E-state index contributed by atoms with van der Waals surface area (Å²) in [5.41, 5.74) is -0.154. The van der Waals surface area contributed by atoms with E-state index in [0.717, 1.165) is 0 Å². The second-order valence-electron chi connectivity index (χ2n) is 6.37. The van der Waals surface area contributed by atoms with Crippen molar-refractivity contribution < 1.29 is 19.1 Å². The lowest BCUT2D eigenvalue weighted by molar-refractivity contribution is -0.139. The van der Waals surface area contributed by atoms with Gasteiger partial charge in [-0.15, -0.1) is 11.3 Å². The molecule has 0 aliphatic rings. The van der Waals surface area contributed by atoms with Crippen LogP contribution in [0.1, 0.15) is 36.3 Å². The number of methoxy groups -OCH3 is 1. The van der Waals surface area contributed by atoms with Gasteiger partial charge in [0.05, 0.1) is 13.7 Å². The summed E-state index contributed by atoms with van der Waals surface area (Å²) in [5, 5.41) is 2.30. The van der Waals surface area contributed by atoms with Crippen LogP contribution >= 0.6 is 11.3 Å². The maximum atomic E-state index is 12.7. The number of carbonyl (C=O) groups is 2. The second-order valence-corrected chi connectivity index (χ2v) is 7.31. The number of hydrogen-bond acceptors (Lipinski definition) is 6. The minimum atomic E-state index is -0.483. The van der Waals surface area contributed by atoms with Crippen LogP contribution in [0.4, 0.5) is 0 Å². The standard InChI is InChI=1S/C18H22N2O4S/c1-18(2,3)20(10-15-19-14(12-25-15)17(22)23-4)16(21)11-24-13-8-6-5-7-9-13/h5-9,12H,10-11H2,1-4H3. The van der Waals surface area contributed by atoms with Crippen LogP contribution in [-0.2, 0) is 16.1 Å². The summed E-state index contributed by atoms with van der Waals surface area (Å²) in [5.74, 6) is 0.0154. The van der Waals surface area contributed by atoms with E-state index < -0.39 is 11.5 Å². The van der Waals surface area contributed by atoms with Crippen molar-refractivity contribution in [3.05, 3.63) is 46.4 Å². The third-order valence-corrected chi connectivity index (χ3v) is 4.29. The number of nitrogens with zero attached hydrogens (tertiary/aromatic N) is 2. The second kappa shape index (κ2) is 8.11. The highest BCUT2D eigenvalue weighted by molar-refractivity contribution is 7.09. The van der Waals surface area contributed by atoms with Crippen molar-refractivity contribution in [3.8, 4) is 5.75 Å². The molecule has 0 saturated heterocycles. The summed E-state index contributed by atoms with van der Waals surface area (Å²) in [6.07, 6.45) is 0. The Morgan fingerprint density at radius 2 is 1.88 bits per heavy atom. The number of aromatic nitrogens is 1. The minimum Gasteiger partial charge on any atom is -0.484 e. The van der Waals surface area contributed by atoms with Crippen molar-refractivity contribution in [1.82, 2.24) is 9.88 Å². The topological polar surface area (TPSA) is 68.7 Å². The number of thiazole rings is 1. The number of carbonyl (C=O) groups excluding carboxylic acids is 2. The normalized spacial score (nSPS) is 11.0. The molecule has 7 heteroatoms. The quantitative estimate of drug-likeness (QED) is 0.739. The lowest BCUT2D eigenvalue weighted by Crippen LogP contribution is -2.47. The van der Waals surface area contributed by atoms with E-state index in [0.29, 0.717) is 17.3 Å². The molecule has 25 heavy (non-hydrogen) atoms. The first-order valence-corrected chi connectivity index (χ1v) is 8.70. The highest BCUT2D eigenvalue weighted by Crippen LogP contribution is 2.21. The van der Waals surface area contributed by atoms with Gasteiger partial charge < -0.3 is 14.4 Å². The number of ether oxygens (including phenoxy) is 2. The van der Waals surface area contributed by atoms with Crippen LogP contribution in [0.2, 0.25) is 0 Å². The fourth-order valence-electron chi connectivity index (χ4n) is 2.16. The molecule has 2 aromatic rings. The molecular weight excluding hydrogens is 340 g/mol. The Morgan fingerprint density at radius 1 is 1.20 bits per heavy atom. The minimum absolute atomic E-state index is 0.0590. The van der Waals surface area contributed by atoms with Crippen molar-refractivity contribution >= 4 is 23.2 Å². The molecule has 1 heterocycles. The molecule has 134 valence electrons. The molecule has 2 rings (SSSR count). The van der Waals surface area contributed by atoms with Gasteiger partial charge in [-0.05, 0) is 32.9 Å². The van der Waals surface area contributed by atoms with Crippen molar-refractivity contribution in [2.75, 3.05) is 13.7 Å². The van der Waals surface area contributed by atoms with Crippen LogP contribution in [0, 0.1) is 0 Å². The van der Waals surface area contributed by atoms with E-state index in [2.05, 4.69) is 9.72 Å². The highest BCUT2D eigenvalue weighted by Gasteiger charge is 2.28. The van der Waals surface area contributed by atoms with Crippen molar-refractivity contribution in [3.63, 3.8) is 0 Å². The summed E-state index contributed by atoms with van der Waals surface area (Å²) in [4.78, 5) is 30.1. The van der Waals surface area contributed by atoms with E-state index in [1.165, 1.54) is 18.4 Å². The number of esters is 1. The van der Waals surface area contributed by atoms with E-state index in [4.69, 9.17) is 4.74 Å². The van der Waals surface area contributed by atoms with E-state index in [1.54, 1.807) is 22.4 Å². The van der Waals surface area contributed by atoms with Gasteiger partial charge in [0.25, 0.3) is 5.91 Å². The van der Waals surface area contributed by atoms with Gasteiger partial charge in [0.15, 0.2) is 12.3 Å². The molecular formula is C18H22N2O4S. The van der Waals surface area contributed by atoms with Gasteiger partial charge in [-0.1, -0.05) is 18.2 Å². The maximum absolute atomic E-state index is 12.7. The van der Waals surface area contributed by atoms with Crippen LogP contribution in [-0.4, -0.2) is 41.0 Å². The molecule has 0 unspecified atom stereocenters. The van der Waals surface area contributed by atoms with E-state index in [1.807, 2.05) is 39.0 Å². The van der Waals surface area contributed by atoms with Crippen LogP contribution < -0.4 is 4.74 Å². The molecule has 0 bridgehead atoms. The lowest BCUT2D eigenvalue weighted by atomic mass is 10.1. The first-order valence-electron chi connectivity index (χ1n) is 7.82. The SMILES string of the molecule is COC(=O)c1csc(CN(C(=O)COc2ccccc2)C(C)(C)C)n1. The zero-order chi connectivity index (χ0) is 18.4. The fourth-order valence-corrected chi connectivity index (χ4v) is 2.91. The molecule has 0 saturated carbocycles. The zero-order valence-corrected chi connectivity index (χ0v) is 15.6. The smallest absolute Gasteiger partial charge is 0.357 e. The number of benzene rings is 1. The van der Waals surface area contributed by atoms with Crippen LogP contribution in [0.3, 0.4) is 0 Å². The molecule has 0 radical (unpaired) electrons. The summed E-state index contributed by atoms with van der Waals surface area (Å²) < 4.78 is 10.2. The Bertz CT molecular complexity index is 722. The Hall–Kier alpha value is -2.41. The highest BCUT2D eigenvalue weighted by atomic mass is 32.1. The third kappa shape index (κ3) is 5.29. The van der Waals surface area contributed by atoms with E-state index >= 15 is 0 Å². The molecule has 1 amide bonds. The first kappa shape index (κ1) is 18.9. The van der Waals surface area contributed by atoms with Gasteiger partial charge in [0, 0.05) is 10.9 Å². The van der Waals surface area contributed by atoms with Crippen molar-refractivity contribution in [2.24, 2.45) is 0 Å². The molecule has 6 nitrogen and oxygen atoms in total. The monoisotopic (exact) mass is 362 g/mol. The fraction of sp³-hybridized carbons (Fsp3) is 0.389. The Kier molecular flexibility index (Phi) is 6.14. The van der Waals surface area contributed by atoms with E-state index in [-0.39, 0.29) is 18.2 Å². The Labute approximate surface area is 151 Å². The summed E-state index contributed by atoms with van der Waals surface area (Å²) in [7, 11) is 1.31. The van der Waals surface area contributed by atoms with Gasteiger partial charge in [-0.25, -0.2) is 9.78 Å². The van der Waals surface area contributed by atoms with Gasteiger partial charge in [0.2, 0.25) is 0 Å². The third-order valence-electron chi connectivity index (χ3n) is 3.46. The largest absolute Gasteiger partial charge is 0.484 e. The number of hydrogen-bond donors (Lipinski definition) is 0. The van der Waals surface area contributed by atoms with E-state index in [9.17, 15) is 9.59 Å². The Morgan fingerprint density at radius 3 is 2.48 bits per heavy atom. The van der Waals surface area contributed by atoms with Gasteiger partial charge >= 0.3 is 5.97 Å². The molecule has 0 fully saturated rings. The van der Waals surface area contributed by atoms with Crippen LogP contribution in [0.25, 0.3) is 0 Å². The summed E-state index contributed by atoms with van der Waals surface area (Å²) >= 11 is 1.32. The zero-order valence-electron chi connectivity index (χ0n) is 14.8. The molecule has 0 atom stereocenters. The molecule has 1 aromatic heterocycles. The first-order chi connectivity index (χ1) is 11.8. The maximum Gasteiger partial charge on any atom is 0.357 e. The number of rotatable bonds is 6. The van der Waals surface area contributed by atoms with Crippen LogP contribution in [0.15, 0.2) is 35.7 Å². The predicted octanol–water partition coefficient (Wildman–Crippen LogP) is 3.14. The van der Waals surface area contributed by atoms with Gasteiger partial charge in [-0.3, -0.25) is 4.79 Å². The molecule has 0 spiro atoms. The lowest BCUT2D eigenvalue weighted by Gasteiger charge is -2.35. The van der Waals surface area contributed by atoms with Crippen LogP contribution in [0.5, 0.6) is 5.75 Å². The predicted molar refractivity (Wildman–Crippen MR) is 95.7 cm³/mol. The van der Waals surface area contributed by atoms with Crippen molar-refractivity contribution in [2.45, 2.75) is 32.9 Å². The summed E-state index contributed by atoms with van der Waals surface area (Å²) in [6.45, 7) is 6.09. The average Bonchev–Trinajstić information content (AvgIpc) is 3.05. The average molecular weight is 362 g/mol. The summed E-state index contributed by atoms with van der Waals surface area (Å²) in [6, 6.07) is 9.20. The molecule has 0 N–H and O–H groups in total. The number of para-hydroxylation sites is 1.